The maximum Gasteiger partial charge on any atom is 0.335 e. The van der Waals surface area contributed by atoms with Crippen LogP contribution < -0.4 is 5.32 Å². The molecule has 10 heteroatoms. The zero-order valence-corrected chi connectivity index (χ0v) is 15.4. The van der Waals surface area contributed by atoms with Gasteiger partial charge in [-0.05, 0) is 31.0 Å². The second-order valence-corrected chi connectivity index (χ2v) is 8.15. The minimum atomic E-state index is -3.67. The number of anilines is 1. The molecular formula is C15H19ClN2O6S. The number of nitrogens with zero attached hydrogens (tertiary/aromatic N) is 1. The highest BCUT2D eigenvalue weighted by Crippen LogP contribution is 2.26. The van der Waals surface area contributed by atoms with Crippen molar-refractivity contribution >= 4 is 39.2 Å². The molecule has 1 fully saturated rings. The number of benzene rings is 1. The molecule has 1 aliphatic heterocycles. The molecule has 0 spiro atoms. The van der Waals surface area contributed by atoms with Crippen LogP contribution in [-0.2, 0) is 29.1 Å². The first-order valence-corrected chi connectivity index (χ1v) is 9.34. The number of ether oxygens (including phenoxy) is 2. The lowest BCUT2D eigenvalue weighted by atomic mass is 10.2. The second kappa shape index (κ2) is 8.13. The van der Waals surface area contributed by atoms with Gasteiger partial charge in [-0.1, -0.05) is 11.6 Å². The number of carbonyl (C=O) groups is 2. The van der Waals surface area contributed by atoms with Crippen molar-refractivity contribution in [1.29, 1.82) is 0 Å². The summed E-state index contributed by atoms with van der Waals surface area (Å²) in [7, 11) is -0.876. The van der Waals surface area contributed by atoms with Crippen LogP contribution in [0.25, 0.3) is 0 Å². The topological polar surface area (TPSA) is 102 Å². The number of sulfonamides is 1. The van der Waals surface area contributed by atoms with Crippen molar-refractivity contribution in [3.05, 3.63) is 23.2 Å². The van der Waals surface area contributed by atoms with Crippen molar-refractivity contribution in [3.8, 4) is 0 Å². The van der Waals surface area contributed by atoms with E-state index in [9.17, 15) is 18.0 Å². The van der Waals surface area contributed by atoms with Crippen LogP contribution in [0.15, 0.2) is 23.1 Å². The number of hydrogen-bond acceptors (Lipinski definition) is 6. The summed E-state index contributed by atoms with van der Waals surface area (Å²) in [6.07, 6.45) is 0.704. The molecule has 0 radical (unpaired) electrons. The number of esters is 1. The first kappa shape index (κ1) is 19.6. The summed E-state index contributed by atoms with van der Waals surface area (Å²) in [5, 5.41) is 2.60. The zero-order chi connectivity index (χ0) is 18.6. The maximum atomic E-state index is 12.1. The Kier molecular flexibility index (Phi) is 6.39. The molecule has 1 amide bonds. The van der Waals surface area contributed by atoms with Crippen LogP contribution in [-0.4, -0.2) is 58.0 Å². The Morgan fingerprint density at radius 3 is 2.72 bits per heavy atom. The summed E-state index contributed by atoms with van der Waals surface area (Å²) in [5.41, 5.74) is 0.114. The fourth-order valence-corrected chi connectivity index (χ4v) is 3.24. The lowest BCUT2D eigenvalue weighted by molar-refractivity contribution is -0.156. The van der Waals surface area contributed by atoms with E-state index in [-0.39, 0.29) is 15.6 Å². The minimum Gasteiger partial charge on any atom is -0.454 e. The first-order valence-electron chi connectivity index (χ1n) is 7.52. The standard InChI is InChI=1S/C15H19ClN2O6S/c1-18(2)25(21,22)10-5-6-11(16)12(8-10)17-14(19)9-24-15(20)13-4-3-7-23-13/h5-6,8,13H,3-4,7,9H2,1-2H3,(H,17,19)/t13-/m0/s1. The van der Waals surface area contributed by atoms with E-state index in [0.717, 1.165) is 10.7 Å². The van der Waals surface area contributed by atoms with E-state index in [1.54, 1.807) is 0 Å². The number of nitrogens with one attached hydrogen (secondary N) is 1. The molecule has 1 heterocycles. The van der Waals surface area contributed by atoms with Crippen molar-refractivity contribution in [2.45, 2.75) is 23.8 Å². The van der Waals surface area contributed by atoms with Gasteiger partial charge in [0, 0.05) is 20.7 Å². The molecule has 1 atom stereocenters. The molecule has 1 saturated heterocycles. The predicted octanol–water partition coefficient (Wildman–Crippen LogP) is 1.25. The van der Waals surface area contributed by atoms with Gasteiger partial charge in [-0.3, -0.25) is 4.79 Å². The molecule has 0 aliphatic carbocycles. The molecular weight excluding hydrogens is 372 g/mol. The first-order chi connectivity index (χ1) is 11.7. The summed E-state index contributed by atoms with van der Waals surface area (Å²) >= 11 is 5.99. The molecule has 8 nitrogen and oxygen atoms in total. The quantitative estimate of drug-likeness (QED) is 0.733. The van der Waals surface area contributed by atoms with E-state index < -0.39 is 34.6 Å². The predicted molar refractivity (Wildman–Crippen MR) is 90.9 cm³/mol. The lowest BCUT2D eigenvalue weighted by Gasteiger charge is -2.14. The molecule has 2 rings (SSSR count). The monoisotopic (exact) mass is 390 g/mol. The lowest BCUT2D eigenvalue weighted by Crippen LogP contribution is -2.27. The van der Waals surface area contributed by atoms with Gasteiger partial charge in [-0.25, -0.2) is 17.5 Å². The number of amides is 1. The zero-order valence-electron chi connectivity index (χ0n) is 13.8. The van der Waals surface area contributed by atoms with Crippen LogP contribution >= 0.6 is 11.6 Å². The molecule has 0 bridgehead atoms. The molecule has 1 aromatic rings. The number of hydrogen-bond donors (Lipinski definition) is 1. The highest BCUT2D eigenvalue weighted by atomic mass is 35.5. The van der Waals surface area contributed by atoms with E-state index in [1.807, 2.05) is 0 Å². The molecule has 1 aliphatic rings. The molecule has 1 N–H and O–H groups in total. The van der Waals surface area contributed by atoms with Crippen molar-refractivity contribution < 1.29 is 27.5 Å². The van der Waals surface area contributed by atoms with E-state index in [1.165, 1.54) is 32.3 Å². The summed E-state index contributed by atoms with van der Waals surface area (Å²) in [6, 6.07) is 3.95. The van der Waals surface area contributed by atoms with Gasteiger partial charge in [0.1, 0.15) is 0 Å². The summed E-state index contributed by atoms with van der Waals surface area (Å²) < 4.78 is 35.4. The average Bonchev–Trinajstić information content (AvgIpc) is 3.09. The van der Waals surface area contributed by atoms with Gasteiger partial charge in [0.05, 0.1) is 15.6 Å². The normalized spacial score (nSPS) is 17.5. The van der Waals surface area contributed by atoms with E-state index in [4.69, 9.17) is 21.1 Å². The molecule has 0 saturated carbocycles. The highest BCUT2D eigenvalue weighted by molar-refractivity contribution is 7.89. The van der Waals surface area contributed by atoms with Gasteiger partial charge in [0.15, 0.2) is 12.7 Å². The minimum absolute atomic E-state index is 0.0199. The van der Waals surface area contributed by atoms with Crippen molar-refractivity contribution in [3.63, 3.8) is 0 Å². The Balaban J connectivity index is 2.01. The Labute approximate surface area is 151 Å². The molecule has 0 aromatic heterocycles. The van der Waals surface area contributed by atoms with Crippen molar-refractivity contribution in [2.75, 3.05) is 32.6 Å². The summed E-state index contributed by atoms with van der Waals surface area (Å²) in [5.74, 6) is -1.23. The average molecular weight is 391 g/mol. The van der Waals surface area contributed by atoms with E-state index in [0.29, 0.717) is 13.0 Å². The van der Waals surface area contributed by atoms with Crippen LogP contribution in [0.2, 0.25) is 5.02 Å². The Morgan fingerprint density at radius 2 is 2.12 bits per heavy atom. The highest BCUT2D eigenvalue weighted by Gasteiger charge is 2.26. The van der Waals surface area contributed by atoms with E-state index in [2.05, 4.69) is 5.32 Å². The SMILES string of the molecule is CN(C)S(=O)(=O)c1ccc(Cl)c(NC(=O)COC(=O)[C@@H]2CCCO2)c1. The fourth-order valence-electron chi connectivity index (χ4n) is 2.15. The van der Waals surface area contributed by atoms with Gasteiger partial charge in [-0.2, -0.15) is 0 Å². The van der Waals surface area contributed by atoms with Crippen LogP contribution in [0, 0.1) is 0 Å². The molecule has 1 aromatic carbocycles. The summed E-state index contributed by atoms with van der Waals surface area (Å²) in [6.45, 7) is -0.0195. The van der Waals surface area contributed by atoms with Gasteiger partial charge in [0.25, 0.3) is 5.91 Å². The Hall–Kier alpha value is -1.68. The maximum absolute atomic E-state index is 12.1. The second-order valence-electron chi connectivity index (χ2n) is 5.59. The van der Waals surface area contributed by atoms with Crippen LogP contribution in [0.1, 0.15) is 12.8 Å². The number of rotatable bonds is 6. The van der Waals surface area contributed by atoms with Crippen molar-refractivity contribution in [2.24, 2.45) is 0 Å². The van der Waals surface area contributed by atoms with Gasteiger partial charge < -0.3 is 14.8 Å². The third-order valence-electron chi connectivity index (χ3n) is 3.53. The third kappa shape index (κ3) is 4.91. The molecule has 0 unspecified atom stereocenters. The van der Waals surface area contributed by atoms with Crippen LogP contribution in [0.5, 0.6) is 0 Å². The van der Waals surface area contributed by atoms with Gasteiger partial charge >= 0.3 is 5.97 Å². The fraction of sp³-hybridized carbons (Fsp3) is 0.467. The van der Waals surface area contributed by atoms with Crippen LogP contribution in [0.3, 0.4) is 0 Å². The molecule has 138 valence electrons. The van der Waals surface area contributed by atoms with Gasteiger partial charge in [0.2, 0.25) is 10.0 Å². The Bertz CT molecular complexity index is 759. The van der Waals surface area contributed by atoms with E-state index >= 15 is 0 Å². The molecule has 25 heavy (non-hydrogen) atoms. The largest absolute Gasteiger partial charge is 0.454 e. The summed E-state index contributed by atoms with van der Waals surface area (Å²) in [4.78, 5) is 23.6. The number of carbonyl (C=O) groups excluding carboxylic acids is 2. The van der Waals surface area contributed by atoms with Crippen LogP contribution in [0.4, 0.5) is 5.69 Å². The smallest absolute Gasteiger partial charge is 0.335 e. The number of halogens is 1. The third-order valence-corrected chi connectivity index (χ3v) is 5.67. The van der Waals surface area contributed by atoms with Crippen molar-refractivity contribution in [1.82, 2.24) is 4.31 Å². The Morgan fingerprint density at radius 1 is 1.40 bits per heavy atom. The van der Waals surface area contributed by atoms with Gasteiger partial charge in [-0.15, -0.1) is 0 Å².